The van der Waals surface area contributed by atoms with Gasteiger partial charge in [-0.3, -0.25) is 5.32 Å². The first-order valence-electron chi connectivity index (χ1n) is 4.68. The zero-order chi connectivity index (χ0) is 9.97. The Kier molecular flexibility index (Phi) is 2.84. The lowest BCUT2D eigenvalue weighted by Gasteiger charge is -2.14. The quantitative estimate of drug-likeness (QED) is 0.771. The molecule has 4 heteroatoms. The zero-order valence-electron chi connectivity index (χ0n) is 8.03. The fourth-order valence-corrected chi connectivity index (χ4v) is 2.10. The minimum absolute atomic E-state index is 0.195. The van der Waals surface area contributed by atoms with E-state index in [1.165, 1.54) is 20.0 Å². The van der Waals surface area contributed by atoms with Crippen molar-refractivity contribution in [1.29, 1.82) is 0 Å². The predicted octanol–water partition coefficient (Wildman–Crippen LogP) is 1.71. The molecule has 76 valence electrons. The molecular weight excluding hydrogens is 198 g/mol. The largest absolute Gasteiger partial charge is 0.468 e. The molecular formula is C10H13NO2S. The molecule has 1 saturated carbocycles. The Labute approximate surface area is 87.1 Å². The van der Waals surface area contributed by atoms with Crippen LogP contribution in [0.3, 0.4) is 0 Å². The first kappa shape index (κ1) is 9.68. The van der Waals surface area contributed by atoms with Crippen molar-refractivity contribution in [2.24, 2.45) is 0 Å². The Morgan fingerprint density at radius 2 is 2.50 bits per heavy atom. The van der Waals surface area contributed by atoms with E-state index in [4.69, 9.17) is 4.74 Å². The van der Waals surface area contributed by atoms with E-state index in [9.17, 15) is 4.79 Å². The molecule has 0 radical (unpaired) electrons. The maximum absolute atomic E-state index is 11.5. The molecule has 1 unspecified atom stereocenters. The molecule has 0 bridgehead atoms. The van der Waals surface area contributed by atoms with Crippen LogP contribution in [0.2, 0.25) is 0 Å². The molecule has 0 saturated heterocycles. The Morgan fingerprint density at radius 1 is 1.71 bits per heavy atom. The molecule has 1 aliphatic rings. The van der Waals surface area contributed by atoms with E-state index in [-0.39, 0.29) is 12.0 Å². The molecule has 1 fully saturated rings. The summed E-state index contributed by atoms with van der Waals surface area (Å²) in [6.07, 6.45) is 2.33. The van der Waals surface area contributed by atoms with Crippen LogP contribution in [0.25, 0.3) is 0 Å². The number of carbonyl (C=O) groups excluding carboxylic acids is 1. The van der Waals surface area contributed by atoms with Crippen molar-refractivity contribution in [3.05, 3.63) is 22.4 Å². The van der Waals surface area contributed by atoms with E-state index in [1.807, 2.05) is 17.5 Å². The van der Waals surface area contributed by atoms with Gasteiger partial charge in [-0.1, -0.05) is 6.07 Å². The first-order chi connectivity index (χ1) is 6.81. The third-order valence-corrected chi connectivity index (χ3v) is 3.18. The summed E-state index contributed by atoms with van der Waals surface area (Å²) in [5, 5.41) is 5.25. The monoisotopic (exact) mass is 211 g/mol. The van der Waals surface area contributed by atoms with Crippen molar-refractivity contribution in [3.63, 3.8) is 0 Å². The molecule has 14 heavy (non-hydrogen) atoms. The van der Waals surface area contributed by atoms with E-state index in [0.29, 0.717) is 6.04 Å². The fourth-order valence-electron chi connectivity index (χ4n) is 1.33. The Hall–Kier alpha value is -0.870. The average molecular weight is 211 g/mol. The summed E-state index contributed by atoms with van der Waals surface area (Å²) in [7, 11) is 1.43. The number of hydrogen-bond acceptors (Lipinski definition) is 4. The molecule has 1 heterocycles. The highest BCUT2D eigenvalue weighted by atomic mass is 32.1. The normalized spacial score (nSPS) is 17.8. The zero-order valence-corrected chi connectivity index (χ0v) is 8.84. The van der Waals surface area contributed by atoms with Crippen LogP contribution in [-0.2, 0) is 9.53 Å². The number of thiophene rings is 1. The summed E-state index contributed by atoms with van der Waals surface area (Å²) in [5.74, 6) is -0.195. The van der Waals surface area contributed by atoms with Gasteiger partial charge in [-0.2, -0.15) is 0 Å². The highest BCUT2D eigenvalue weighted by Gasteiger charge is 2.30. The fraction of sp³-hybridized carbons (Fsp3) is 0.500. The molecule has 1 aromatic rings. The molecule has 1 N–H and O–H groups in total. The summed E-state index contributed by atoms with van der Waals surface area (Å²) in [6.45, 7) is 0. The lowest BCUT2D eigenvalue weighted by Crippen LogP contribution is -2.30. The van der Waals surface area contributed by atoms with Gasteiger partial charge in [0, 0.05) is 10.9 Å². The molecule has 1 atom stereocenters. The van der Waals surface area contributed by atoms with Crippen LogP contribution in [-0.4, -0.2) is 19.1 Å². The van der Waals surface area contributed by atoms with Gasteiger partial charge < -0.3 is 4.74 Å². The smallest absolute Gasteiger partial charge is 0.328 e. The molecule has 1 aromatic heterocycles. The maximum atomic E-state index is 11.5. The second-order valence-electron chi connectivity index (χ2n) is 3.41. The maximum Gasteiger partial charge on any atom is 0.328 e. The van der Waals surface area contributed by atoms with E-state index in [0.717, 1.165) is 4.88 Å². The summed E-state index contributed by atoms with van der Waals surface area (Å²) in [5.41, 5.74) is 0. The van der Waals surface area contributed by atoms with Gasteiger partial charge in [0.25, 0.3) is 0 Å². The van der Waals surface area contributed by atoms with Gasteiger partial charge in [0.2, 0.25) is 0 Å². The van der Waals surface area contributed by atoms with Crippen LogP contribution in [0.4, 0.5) is 0 Å². The Bertz CT molecular complexity index is 306. The minimum Gasteiger partial charge on any atom is -0.468 e. The molecule has 3 nitrogen and oxygen atoms in total. The van der Waals surface area contributed by atoms with Crippen molar-refractivity contribution < 1.29 is 9.53 Å². The van der Waals surface area contributed by atoms with Gasteiger partial charge in [0.15, 0.2) is 0 Å². The molecule has 0 aliphatic heterocycles. The number of ether oxygens (including phenoxy) is 1. The van der Waals surface area contributed by atoms with Crippen molar-refractivity contribution in [1.82, 2.24) is 5.32 Å². The number of rotatable bonds is 4. The summed E-state index contributed by atoms with van der Waals surface area (Å²) in [4.78, 5) is 12.5. The topological polar surface area (TPSA) is 38.3 Å². The lowest BCUT2D eigenvalue weighted by atomic mass is 10.2. The summed E-state index contributed by atoms with van der Waals surface area (Å²) in [6, 6.07) is 4.14. The average Bonchev–Trinajstić information content (AvgIpc) is 2.86. The van der Waals surface area contributed by atoms with Crippen LogP contribution < -0.4 is 5.32 Å². The van der Waals surface area contributed by atoms with E-state index in [2.05, 4.69) is 5.32 Å². The second kappa shape index (κ2) is 4.11. The molecule has 1 aliphatic carbocycles. The van der Waals surface area contributed by atoms with Gasteiger partial charge in [0.05, 0.1) is 7.11 Å². The molecule has 0 spiro atoms. The Morgan fingerprint density at radius 3 is 3.00 bits per heavy atom. The number of methoxy groups -OCH3 is 1. The van der Waals surface area contributed by atoms with Crippen LogP contribution in [0.5, 0.6) is 0 Å². The predicted molar refractivity (Wildman–Crippen MR) is 55.2 cm³/mol. The van der Waals surface area contributed by atoms with Crippen molar-refractivity contribution in [2.75, 3.05) is 7.11 Å². The van der Waals surface area contributed by atoms with Gasteiger partial charge in [-0.25, -0.2) is 4.79 Å². The van der Waals surface area contributed by atoms with Crippen molar-refractivity contribution in [3.8, 4) is 0 Å². The SMILES string of the molecule is COC(=O)C(NC1CC1)c1cccs1. The van der Waals surface area contributed by atoms with E-state index in [1.54, 1.807) is 11.3 Å². The first-order valence-corrected chi connectivity index (χ1v) is 5.56. The number of esters is 1. The second-order valence-corrected chi connectivity index (χ2v) is 4.39. The van der Waals surface area contributed by atoms with Gasteiger partial charge in [0.1, 0.15) is 6.04 Å². The highest BCUT2D eigenvalue weighted by molar-refractivity contribution is 7.10. The van der Waals surface area contributed by atoms with Crippen molar-refractivity contribution >= 4 is 17.3 Å². The summed E-state index contributed by atoms with van der Waals surface area (Å²) < 4.78 is 4.77. The van der Waals surface area contributed by atoms with Gasteiger partial charge in [-0.05, 0) is 24.3 Å². The highest BCUT2D eigenvalue weighted by Crippen LogP contribution is 2.27. The molecule has 0 amide bonds. The molecule has 0 aromatic carbocycles. The van der Waals surface area contributed by atoms with Gasteiger partial charge >= 0.3 is 5.97 Å². The third kappa shape index (κ3) is 2.13. The van der Waals surface area contributed by atoms with Crippen LogP contribution in [0, 0.1) is 0 Å². The van der Waals surface area contributed by atoms with Crippen LogP contribution >= 0.6 is 11.3 Å². The van der Waals surface area contributed by atoms with Crippen LogP contribution in [0.15, 0.2) is 17.5 Å². The minimum atomic E-state index is -0.271. The molecule has 2 rings (SSSR count). The Balaban J connectivity index is 2.08. The number of hydrogen-bond donors (Lipinski definition) is 1. The number of nitrogens with one attached hydrogen (secondary N) is 1. The van der Waals surface area contributed by atoms with E-state index < -0.39 is 0 Å². The van der Waals surface area contributed by atoms with Gasteiger partial charge in [-0.15, -0.1) is 11.3 Å². The van der Waals surface area contributed by atoms with Crippen molar-refractivity contribution in [2.45, 2.75) is 24.9 Å². The number of carbonyl (C=O) groups is 1. The standard InChI is InChI=1S/C10H13NO2S/c1-13-10(12)9(11-7-4-5-7)8-3-2-6-14-8/h2-3,6-7,9,11H,4-5H2,1H3. The van der Waals surface area contributed by atoms with E-state index >= 15 is 0 Å². The summed E-state index contributed by atoms with van der Waals surface area (Å²) >= 11 is 1.58. The third-order valence-electron chi connectivity index (χ3n) is 2.24. The lowest BCUT2D eigenvalue weighted by molar-refractivity contribution is -0.143. The van der Waals surface area contributed by atoms with Crippen LogP contribution in [0.1, 0.15) is 23.8 Å².